The van der Waals surface area contributed by atoms with Crippen molar-refractivity contribution in [3.05, 3.63) is 28.6 Å². The van der Waals surface area contributed by atoms with Gasteiger partial charge in [-0.2, -0.15) is 0 Å². The Morgan fingerprint density at radius 2 is 2.00 bits per heavy atom. The Bertz CT molecular complexity index is 377. The molecule has 3 heteroatoms. The third-order valence-corrected chi connectivity index (χ3v) is 2.68. The highest BCUT2D eigenvalue weighted by molar-refractivity contribution is 6.29. The number of alkyl halides is 1. The summed E-state index contributed by atoms with van der Waals surface area (Å²) < 4.78 is 0. The summed E-state index contributed by atoms with van der Waals surface area (Å²) in [6, 6.07) is 0. The number of H-pyrrole nitrogens is 1. The summed E-state index contributed by atoms with van der Waals surface area (Å²) in [7, 11) is 0. The number of hydrogen-bond donors (Lipinski definition) is 1. The molecule has 1 aromatic heterocycles. The fourth-order valence-corrected chi connectivity index (χ4v) is 1.35. The van der Waals surface area contributed by atoms with E-state index in [4.69, 9.17) is 11.6 Å². The van der Waals surface area contributed by atoms with Crippen molar-refractivity contribution in [1.82, 2.24) is 4.98 Å². The first kappa shape index (κ1) is 11.1. The van der Waals surface area contributed by atoms with Crippen molar-refractivity contribution >= 4 is 23.5 Å². The van der Waals surface area contributed by atoms with Gasteiger partial charge in [-0.25, -0.2) is 0 Å². The quantitative estimate of drug-likeness (QED) is 0.605. The standard InChI is InChI=1S/C11H14ClNO/c1-7-8(2)11(13-9(7)3)5-4-10(14)6-12/h4-5,13H,6H2,1-3H3. The Balaban J connectivity index is 2.92. The average molecular weight is 212 g/mol. The molecule has 1 rings (SSSR count). The number of aryl methyl sites for hydroxylation is 1. The van der Waals surface area contributed by atoms with Crippen LogP contribution in [0.2, 0.25) is 0 Å². The molecule has 1 aromatic rings. The number of nitrogens with one attached hydrogen (secondary N) is 1. The molecule has 0 fully saturated rings. The minimum atomic E-state index is -0.0732. The summed E-state index contributed by atoms with van der Waals surface area (Å²) >= 11 is 5.38. The summed E-state index contributed by atoms with van der Waals surface area (Å²) in [6.45, 7) is 6.11. The second kappa shape index (κ2) is 4.47. The van der Waals surface area contributed by atoms with Crippen LogP contribution in [0.1, 0.15) is 22.5 Å². The van der Waals surface area contributed by atoms with Gasteiger partial charge in [0.1, 0.15) is 0 Å². The van der Waals surface area contributed by atoms with Gasteiger partial charge in [-0.15, -0.1) is 11.6 Å². The van der Waals surface area contributed by atoms with E-state index >= 15 is 0 Å². The first-order chi connectivity index (χ1) is 6.56. The number of hydrogen-bond acceptors (Lipinski definition) is 1. The van der Waals surface area contributed by atoms with E-state index in [1.54, 1.807) is 6.08 Å². The largest absolute Gasteiger partial charge is 0.359 e. The first-order valence-electron chi connectivity index (χ1n) is 4.49. The van der Waals surface area contributed by atoms with E-state index in [2.05, 4.69) is 11.9 Å². The van der Waals surface area contributed by atoms with Crippen LogP contribution in [0, 0.1) is 20.8 Å². The molecule has 1 heterocycles. The monoisotopic (exact) mass is 211 g/mol. The van der Waals surface area contributed by atoms with Crippen molar-refractivity contribution in [2.24, 2.45) is 0 Å². The number of allylic oxidation sites excluding steroid dienone is 1. The lowest BCUT2D eigenvalue weighted by atomic mass is 10.1. The Morgan fingerprint density at radius 3 is 2.43 bits per heavy atom. The smallest absolute Gasteiger partial charge is 0.170 e. The van der Waals surface area contributed by atoms with Crippen LogP contribution < -0.4 is 0 Å². The number of aromatic nitrogens is 1. The van der Waals surface area contributed by atoms with Gasteiger partial charge >= 0.3 is 0 Å². The third kappa shape index (κ3) is 2.26. The van der Waals surface area contributed by atoms with Gasteiger partial charge in [-0.05, 0) is 44.1 Å². The Labute approximate surface area is 89.0 Å². The Hall–Kier alpha value is -1.02. The van der Waals surface area contributed by atoms with Crippen molar-refractivity contribution in [3.8, 4) is 0 Å². The lowest BCUT2D eigenvalue weighted by molar-refractivity contribution is -0.112. The normalized spacial score (nSPS) is 11.1. The zero-order valence-electron chi connectivity index (χ0n) is 8.65. The summed E-state index contributed by atoms with van der Waals surface area (Å²) in [6.07, 6.45) is 3.28. The van der Waals surface area contributed by atoms with Crippen molar-refractivity contribution in [3.63, 3.8) is 0 Å². The first-order valence-corrected chi connectivity index (χ1v) is 5.02. The van der Waals surface area contributed by atoms with Gasteiger partial charge in [0.2, 0.25) is 0 Å². The molecule has 0 radical (unpaired) electrons. The lowest BCUT2D eigenvalue weighted by Gasteiger charge is -1.91. The fourth-order valence-electron chi connectivity index (χ4n) is 1.26. The molecule has 0 aromatic carbocycles. The Morgan fingerprint density at radius 1 is 1.36 bits per heavy atom. The molecular formula is C11H14ClNO. The molecule has 0 spiro atoms. The summed E-state index contributed by atoms with van der Waals surface area (Å²) in [5.41, 5.74) is 4.54. The van der Waals surface area contributed by atoms with Crippen molar-refractivity contribution in [1.29, 1.82) is 0 Å². The molecule has 0 aliphatic carbocycles. The lowest BCUT2D eigenvalue weighted by Crippen LogP contribution is -1.92. The maximum atomic E-state index is 11.0. The number of ketones is 1. The van der Waals surface area contributed by atoms with Crippen molar-refractivity contribution in [2.45, 2.75) is 20.8 Å². The van der Waals surface area contributed by atoms with Gasteiger partial charge in [-0.1, -0.05) is 0 Å². The van der Waals surface area contributed by atoms with Gasteiger partial charge < -0.3 is 4.98 Å². The molecule has 0 aliphatic rings. The zero-order valence-corrected chi connectivity index (χ0v) is 9.40. The van der Waals surface area contributed by atoms with Gasteiger partial charge in [0, 0.05) is 11.4 Å². The highest BCUT2D eigenvalue weighted by Gasteiger charge is 2.04. The molecule has 0 aliphatic heterocycles. The molecule has 1 N–H and O–H groups in total. The topological polar surface area (TPSA) is 32.9 Å². The average Bonchev–Trinajstić information content (AvgIpc) is 2.42. The van der Waals surface area contributed by atoms with Gasteiger partial charge in [-0.3, -0.25) is 4.79 Å². The number of carbonyl (C=O) groups excluding carboxylic acids is 1. The molecule has 0 unspecified atom stereocenters. The molecule has 0 saturated heterocycles. The van der Waals surface area contributed by atoms with Crippen LogP contribution in [-0.2, 0) is 4.79 Å². The minimum absolute atomic E-state index is 0.0359. The van der Waals surface area contributed by atoms with Crippen LogP contribution in [0.3, 0.4) is 0 Å². The molecule has 0 atom stereocenters. The SMILES string of the molecule is Cc1[nH]c(C=CC(=O)CCl)c(C)c1C. The van der Waals surface area contributed by atoms with Crippen molar-refractivity contribution in [2.75, 3.05) is 5.88 Å². The zero-order chi connectivity index (χ0) is 10.7. The van der Waals surface area contributed by atoms with E-state index in [0.717, 1.165) is 11.4 Å². The Kier molecular flexibility index (Phi) is 3.53. The molecular weight excluding hydrogens is 198 g/mol. The minimum Gasteiger partial charge on any atom is -0.359 e. The molecule has 76 valence electrons. The van der Waals surface area contributed by atoms with Gasteiger partial charge in [0.25, 0.3) is 0 Å². The van der Waals surface area contributed by atoms with Crippen LogP contribution in [-0.4, -0.2) is 16.6 Å². The van der Waals surface area contributed by atoms with Crippen LogP contribution in [0.25, 0.3) is 6.08 Å². The van der Waals surface area contributed by atoms with E-state index in [1.807, 2.05) is 13.8 Å². The summed E-state index contributed by atoms with van der Waals surface area (Å²) in [4.78, 5) is 14.2. The summed E-state index contributed by atoms with van der Waals surface area (Å²) in [5, 5.41) is 0. The van der Waals surface area contributed by atoms with Crippen LogP contribution in [0.15, 0.2) is 6.08 Å². The van der Waals surface area contributed by atoms with Gasteiger partial charge in [0.05, 0.1) is 5.88 Å². The van der Waals surface area contributed by atoms with E-state index in [1.165, 1.54) is 17.2 Å². The van der Waals surface area contributed by atoms with Crippen molar-refractivity contribution < 1.29 is 4.79 Å². The number of aromatic amines is 1. The van der Waals surface area contributed by atoms with E-state index in [-0.39, 0.29) is 11.7 Å². The molecule has 14 heavy (non-hydrogen) atoms. The molecule has 0 amide bonds. The third-order valence-electron chi connectivity index (χ3n) is 2.42. The van der Waals surface area contributed by atoms with Gasteiger partial charge in [0.15, 0.2) is 5.78 Å². The van der Waals surface area contributed by atoms with Crippen LogP contribution >= 0.6 is 11.6 Å². The van der Waals surface area contributed by atoms with E-state index < -0.39 is 0 Å². The maximum absolute atomic E-state index is 11.0. The predicted octanol–water partition coefficient (Wildman–Crippen LogP) is 2.76. The van der Waals surface area contributed by atoms with Crippen LogP contribution in [0.4, 0.5) is 0 Å². The molecule has 0 saturated carbocycles. The molecule has 0 bridgehead atoms. The van der Waals surface area contributed by atoms with E-state index in [9.17, 15) is 4.79 Å². The molecule has 2 nitrogen and oxygen atoms in total. The number of rotatable bonds is 3. The maximum Gasteiger partial charge on any atom is 0.170 e. The highest BCUT2D eigenvalue weighted by Crippen LogP contribution is 2.17. The highest BCUT2D eigenvalue weighted by atomic mass is 35.5. The summed E-state index contributed by atoms with van der Waals surface area (Å²) in [5.74, 6) is -0.0372. The number of halogens is 1. The second-order valence-corrected chi connectivity index (χ2v) is 3.61. The van der Waals surface area contributed by atoms with Crippen LogP contribution in [0.5, 0.6) is 0 Å². The van der Waals surface area contributed by atoms with E-state index in [0.29, 0.717) is 0 Å². The second-order valence-electron chi connectivity index (χ2n) is 3.35. The fraction of sp³-hybridized carbons (Fsp3) is 0.364. The predicted molar refractivity (Wildman–Crippen MR) is 59.8 cm³/mol. The number of carbonyl (C=O) groups is 1.